The number of hydrogen-bond donors (Lipinski definition) is 0. The van der Waals surface area contributed by atoms with Crippen molar-refractivity contribution in [3.8, 4) is 0 Å². The summed E-state index contributed by atoms with van der Waals surface area (Å²) in [6.45, 7) is 4.16. The lowest BCUT2D eigenvalue weighted by atomic mass is 10.1. The molecule has 1 saturated heterocycles. The maximum Gasteiger partial charge on any atom is 0.254 e. The van der Waals surface area contributed by atoms with E-state index >= 15 is 0 Å². The zero-order valence-electron chi connectivity index (χ0n) is 14.1. The van der Waals surface area contributed by atoms with Gasteiger partial charge in [0.15, 0.2) is 0 Å². The topological polar surface area (TPSA) is 42.4 Å². The maximum atomic E-state index is 12.7. The van der Waals surface area contributed by atoms with Crippen molar-refractivity contribution in [2.75, 3.05) is 13.1 Å². The summed E-state index contributed by atoms with van der Waals surface area (Å²) in [7, 11) is 0. The number of amides is 1. The molecule has 2 aromatic heterocycles. The van der Waals surface area contributed by atoms with E-state index in [1.54, 1.807) is 17.5 Å². The standard InChI is InChI=1S/C19H24N2O2S/c1-2-6-18-11-15(14-24-18)19(22)21-10-5-8-17(12-21)23-13-16-7-3-4-9-20-16/h3-4,7,9,11,14,17H,2,5-6,8,10,12-13H2,1H3/t17-/m1/s1. The Hall–Kier alpha value is -1.72. The van der Waals surface area contributed by atoms with Gasteiger partial charge in [-0.1, -0.05) is 19.4 Å². The van der Waals surface area contributed by atoms with E-state index in [0.29, 0.717) is 13.2 Å². The average molecular weight is 344 g/mol. The number of piperidine rings is 1. The fourth-order valence-electron chi connectivity index (χ4n) is 3.00. The third-order valence-electron chi connectivity index (χ3n) is 4.26. The van der Waals surface area contributed by atoms with E-state index in [4.69, 9.17) is 4.74 Å². The molecule has 0 radical (unpaired) electrons. The van der Waals surface area contributed by atoms with Crippen molar-refractivity contribution in [3.63, 3.8) is 0 Å². The number of carbonyl (C=O) groups excluding carboxylic acids is 1. The van der Waals surface area contributed by atoms with Crippen LogP contribution in [0, 0.1) is 0 Å². The fraction of sp³-hybridized carbons (Fsp3) is 0.474. The minimum atomic E-state index is 0.0958. The first-order chi connectivity index (χ1) is 11.8. The number of aromatic nitrogens is 1. The van der Waals surface area contributed by atoms with Crippen molar-refractivity contribution >= 4 is 17.2 Å². The van der Waals surface area contributed by atoms with E-state index in [9.17, 15) is 4.79 Å². The van der Waals surface area contributed by atoms with Gasteiger partial charge in [0.05, 0.1) is 24.0 Å². The van der Waals surface area contributed by atoms with E-state index < -0.39 is 0 Å². The van der Waals surface area contributed by atoms with E-state index in [1.165, 1.54) is 4.88 Å². The fourth-order valence-corrected chi connectivity index (χ4v) is 3.96. The summed E-state index contributed by atoms with van der Waals surface area (Å²) >= 11 is 1.69. The molecule has 1 fully saturated rings. The first-order valence-electron chi connectivity index (χ1n) is 8.64. The van der Waals surface area contributed by atoms with Crippen molar-refractivity contribution < 1.29 is 9.53 Å². The Kier molecular flexibility index (Phi) is 5.99. The number of ether oxygens (including phenoxy) is 1. The van der Waals surface area contributed by atoms with Gasteiger partial charge in [-0.05, 0) is 37.5 Å². The molecule has 0 aromatic carbocycles. The summed E-state index contributed by atoms with van der Waals surface area (Å²) in [6.07, 6.45) is 6.03. The van der Waals surface area contributed by atoms with Crippen LogP contribution in [0.15, 0.2) is 35.8 Å². The molecule has 4 nitrogen and oxygen atoms in total. The number of rotatable bonds is 6. The highest BCUT2D eigenvalue weighted by molar-refractivity contribution is 7.10. The summed E-state index contributed by atoms with van der Waals surface area (Å²) < 4.78 is 5.98. The van der Waals surface area contributed by atoms with Gasteiger partial charge in [0, 0.05) is 29.5 Å². The highest BCUT2D eigenvalue weighted by Crippen LogP contribution is 2.21. The molecular formula is C19H24N2O2S. The lowest BCUT2D eigenvalue weighted by molar-refractivity contribution is -0.00783. The monoisotopic (exact) mass is 344 g/mol. The van der Waals surface area contributed by atoms with Crippen LogP contribution < -0.4 is 0 Å². The van der Waals surface area contributed by atoms with Gasteiger partial charge in [-0.15, -0.1) is 11.3 Å². The Morgan fingerprint density at radius 1 is 1.46 bits per heavy atom. The molecule has 1 atom stereocenters. The Bertz CT molecular complexity index is 656. The smallest absolute Gasteiger partial charge is 0.254 e. The summed E-state index contributed by atoms with van der Waals surface area (Å²) in [5, 5.41) is 1.99. The molecule has 3 heterocycles. The van der Waals surface area contributed by atoms with Crippen LogP contribution in [0.5, 0.6) is 0 Å². The first kappa shape index (κ1) is 17.1. The van der Waals surface area contributed by atoms with Crippen LogP contribution >= 0.6 is 11.3 Å². The lowest BCUT2D eigenvalue weighted by Crippen LogP contribution is -2.43. The van der Waals surface area contributed by atoms with Crippen LogP contribution in [0.25, 0.3) is 0 Å². The molecule has 128 valence electrons. The summed E-state index contributed by atoms with van der Waals surface area (Å²) in [5.74, 6) is 0.139. The molecule has 1 amide bonds. The maximum absolute atomic E-state index is 12.7. The molecule has 2 aromatic rings. The van der Waals surface area contributed by atoms with Gasteiger partial charge in [-0.25, -0.2) is 0 Å². The molecule has 1 aliphatic heterocycles. The van der Waals surface area contributed by atoms with Crippen molar-refractivity contribution in [2.45, 2.75) is 45.3 Å². The van der Waals surface area contributed by atoms with Gasteiger partial charge < -0.3 is 9.64 Å². The number of hydrogen-bond acceptors (Lipinski definition) is 4. The van der Waals surface area contributed by atoms with E-state index in [-0.39, 0.29) is 12.0 Å². The van der Waals surface area contributed by atoms with Crippen LogP contribution in [0.1, 0.15) is 47.1 Å². The molecule has 0 bridgehead atoms. The first-order valence-corrected chi connectivity index (χ1v) is 9.52. The van der Waals surface area contributed by atoms with Crippen LogP contribution in [-0.4, -0.2) is 35.0 Å². The van der Waals surface area contributed by atoms with Crippen molar-refractivity contribution in [1.29, 1.82) is 0 Å². The summed E-state index contributed by atoms with van der Waals surface area (Å²) in [5.41, 5.74) is 1.76. The number of aryl methyl sites for hydroxylation is 1. The molecule has 0 saturated carbocycles. The van der Waals surface area contributed by atoms with Crippen LogP contribution in [-0.2, 0) is 17.8 Å². The van der Waals surface area contributed by atoms with Crippen molar-refractivity contribution in [2.24, 2.45) is 0 Å². The second-order valence-electron chi connectivity index (χ2n) is 6.20. The Labute approximate surface area is 147 Å². The Morgan fingerprint density at radius 2 is 2.38 bits per heavy atom. The normalized spacial score (nSPS) is 17.9. The minimum Gasteiger partial charge on any atom is -0.370 e. The largest absolute Gasteiger partial charge is 0.370 e. The lowest BCUT2D eigenvalue weighted by Gasteiger charge is -2.32. The zero-order valence-corrected chi connectivity index (χ0v) is 14.9. The van der Waals surface area contributed by atoms with Crippen LogP contribution in [0.3, 0.4) is 0 Å². The predicted octanol–water partition coefficient (Wildman–Crippen LogP) is 3.92. The molecule has 0 unspecified atom stereocenters. The molecule has 1 aliphatic rings. The third-order valence-corrected chi connectivity index (χ3v) is 5.25. The highest BCUT2D eigenvalue weighted by Gasteiger charge is 2.25. The van der Waals surface area contributed by atoms with E-state index in [2.05, 4.69) is 18.0 Å². The number of nitrogens with zero attached hydrogens (tertiary/aromatic N) is 2. The molecule has 5 heteroatoms. The number of thiophene rings is 1. The quantitative estimate of drug-likeness (QED) is 0.798. The highest BCUT2D eigenvalue weighted by atomic mass is 32.1. The zero-order chi connectivity index (χ0) is 16.8. The summed E-state index contributed by atoms with van der Waals surface area (Å²) in [4.78, 5) is 20.2. The molecule has 24 heavy (non-hydrogen) atoms. The third kappa shape index (κ3) is 4.42. The molecule has 0 N–H and O–H groups in total. The van der Waals surface area contributed by atoms with Gasteiger partial charge in [-0.3, -0.25) is 9.78 Å². The molecular weight excluding hydrogens is 320 g/mol. The van der Waals surface area contributed by atoms with Gasteiger partial charge in [-0.2, -0.15) is 0 Å². The Balaban J connectivity index is 1.55. The number of likely N-dealkylation sites (tertiary alicyclic amines) is 1. The SMILES string of the molecule is CCCc1cc(C(=O)N2CCC[C@@H](OCc3ccccn3)C2)cs1. The van der Waals surface area contributed by atoms with Crippen molar-refractivity contribution in [1.82, 2.24) is 9.88 Å². The molecule has 3 rings (SSSR count). The van der Waals surface area contributed by atoms with E-state index in [1.807, 2.05) is 28.5 Å². The Morgan fingerprint density at radius 3 is 3.17 bits per heavy atom. The van der Waals surface area contributed by atoms with Crippen LogP contribution in [0.2, 0.25) is 0 Å². The predicted molar refractivity (Wildman–Crippen MR) is 96.3 cm³/mol. The second kappa shape index (κ2) is 8.40. The molecule has 0 spiro atoms. The van der Waals surface area contributed by atoms with Crippen LogP contribution in [0.4, 0.5) is 0 Å². The van der Waals surface area contributed by atoms with E-state index in [0.717, 1.165) is 43.5 Å². The van der Waals surface area contributed by atoms with Gasteiger partial charge in [0.25, 0.3) is 5.91 Å². The summed E-state index contributed by atoms with van der Waals surface area (Å²) in [6, 6.07) is 7.88. The van der Waals surface area contributed by atoms with Gasteiger partial charge >= 0.3 is 0 Å². The van der Waals surface area contributed by atoms with Gasteiger partial charge in [0.2, 0.25) is 0 Å². The second-order valence-corrected chi connectivity index (χ2v) is 7.19. The average Bonchev–Trinajstić information content (AvgIpc) is 3.09. The number of pyridine rings is 1. The van der Waals surface area contributed by atoms with Crippen molar-refractivity contribution in [3.05, 3.63) is 52.0 Å². The van der Waals surface area contributed by atoms with Gasteiger partial charge in [0.1, 0.15) is 0 Å². The molecule has 0 aliphatic carbocycles. The minimum absolute atomic E-state index is 0.0958. The number of carbonyl (C=O) groups is 1.